The Labute approximate surface area is 91.0 Å². The fourth-order valence-electron chi connectivity index (χ4n) is 1.17. The quantitative estimate of drug-likeness (QED) is 0.748. The molecule has 0 amide bonds. The van der Waals surface area contributed by atoms with Gasteiger partial charge in [-0.05, 0) is 19.1 Å². The van der Waals surface area contributed by atoms with E-state index in [9.17, 15) is 18.0 Å². The lowest BCUT2D eigenvalue weighted by Gasteiger charge is -2.14. The van der Waals surface area contributed by atoms with Crippen molar-refractivity contribution in [2.24, 2.45) is 5.92 Å². The van der Waals surface area contributed by atoms with E-state index in [-0.39, 0.29) is 5.56 Å². The van der Waals surface area contributed by atoms with Crippen LogP contribution in [0.3, 0.4) is 0 Å². The molecule has 0 aliphatic rings. The molecule has 0 aromatic heterocycles. The zero-order valence-electron chi connectivity index (χ0n) is 8.84. The predicted molar refractivity (Wildman–Crippen MR) is 52.5 cm³/mol. The lowest BCUT2D eigenvalue weighted by atomic mass is 9.99. The van der Waals surface area contributed by atoms with Crippen LogP contribution in [-0.2, 0) is 0 Å². The summed E-state index contributed by atoms with van der Waals surface area (Å²) in [5, 5.41) is 0. The zero-order chi connectivity index (χ0) is 12.3. The Morgan fingerprint density at radius 1 is 1.38 bits per heavy atom. The summed E-state index contributed by atoms with van der Waals surface area (Å²) in [6.45, 7) is 0.849. The van der Waals surface area contributed by atoms with Gasteiger partial charge in [-0.1, -0.05) is 12.1 Å². The van der Waals surface area contributed by atoms with Crippen LogP contribution in [-0.4, -0.2) is 19.1 Å². The molecule has 88 valence electrons. The van der Waals surface area contributed by atoms with Crippen LogP contribution in [0.1, 0.15) is 17.3 Å². The first-order valence-corrected chi connectivity index (χ1v) is 4.61. The summed E-state index contributed by atoms with van der Waals surface area (Å²) in [4.78, 5) is 11.5. The number of ketones is 1. The number of ether oxygens (including phenoxy) is 1. The molecule has 0 saturated carbocycles. The van der Waals surface area contributed by atoms with Crippen LogP contribution >= 0.6 is 0 Å². The Morgan fingerprint density at radius 2 is 2.00 bits per heavy atom. The number of rotatable bonds is 3. The summed E-state index contributed by atoms with van der Waals surface area (Å²) >= 11 is 0. The Morgan fingerprint density at radius 3 is 2.50 bits per heavy atom. The van der Waals surface area contributed by atoms with Gasteiger partial charge in [-0.25, -0.2) is 0 Å². The second kappa shape index (κ2) is 4.55. The summed E-state index contributed by atoms with van der Waals surface area (Å²) < 4.78 is 41.8. The highest BCUT2D eigenvalue weighted by Crippen LogP contribution is 2.29. The van der Waals surface area contributed by atoms with E-state index >= 15 is 0 Å². The highest BCUT2D eigenvalue weighted by molar-refractivity contribution is 5.98. The third-order valence-electron chi connectivity index (χ3n) is 2.24. The normalized spacial score (nSPS) is 13.3. The van der Waals surface area contributed by atoms with Crippen LogP contribution in [0.5, 0.6) is 5.75 Å². The molecule has 1 unspecified atom stereocenters. The largest absolute Gasteiger partial charge is 0.497 e. The Bertz CT molecular complexity index is 385. The maximum absolute atomic E-state index is 12.3. The molecule has 0 spiro atoms. The molecule has 5 heteroatoms. The number of hydrogen-bond acceptors (Lipinski definition) is 2. The number of hydrogen-bond donors (Lipinski definition) is 0. The molecule has 0 radical (unpaired) electrons. The minimum atomic E-state index is -4.51. The molecule has 1 atom stereocenters. The van der Waals surface area contributed by atoms with Gasteiger partial charge in [-0.2, -0.15) is 13.2 Å². The molecule has 0 heterocycles. The molecule has 1 rings (SSSR count). The third-order valence-corrected chi connectivity index (χ3v) is 2.24. The van der Waals surface area contributed by atoms with E-state index in [0.29, 0.717) is 5.75 Å². The maximum atomic E-state index is 12.3. The first-order valence-electron chi connectivity index (χ1n) is 4.61. The zero-order valence-corrected chi connectivity index (χ0v) is 8.84. The predicted octanol–water partition coefficient (Wildman–Crippen LogP) is 3.08. The molecule has 0 N–H and O–H groups in total. The minimum absolute atomic E-state index is 0.00387. The van der Waals surface area contributed by atoms with Crippen molar-refractivity contribution in [2.45, 2.75) is 13.1 Å². The summed E-state index contributed by atoms with van der Waals surface area (Å²) in [5.74, 6) is -2.59. The Balaban J connectivity index is 2.96. The van der Waals surface area contributed by atoms with Crippen molar-refractivity contribution in [3.05, 3.63) is 29.8 Å². The molecular formula is C11H11F3O2. The molecule has 0 bridgehead atoms. The number of methoxy groups -OCH3 is 1. The van der Waals surface area contributed by atoms with Gasteiger partial charge in [-0.15, -0.1) is 0 Å². The lowest BCUT2D eigenvalue weighted by Crippen LogP contribution is -2.27. The monoisotopic (exact) mass is 232 g/mol. The van der Waals surface area contributed by atoms with Crippen molar-refractivity contribution < 1.29 is 22.7 Å². The van der Waals surface area contributed by atoms with E-state index in [4.69, 9.17) is 4.74 Å². The summed E-state index contributed by atoms with van der Waals surface area (Å²) in [6.07, 6.45) is -4.51. The lowest BCUT2D eigenvalue weighted by molar-refractivity contribution is -0.155. The van der Waals surface area contributed by atoms with E-state index < -0.39 is 17.9 Å². The topological polar surface area (TPSA) is 26.3 Å². The standard InChI is InChI=1S/C11H11F3O2/c1-7(11(12,13)14)10(15)8-4-3-5-9(6-8)16-2/h3-7H,1-2H3. The Hall–Kier alpha value is -1.52. The molecule has 0 aliphatic heterocycles. The van der Waals surface area contributed by atoms with Crippen LogP contribution in [0.25, 0.3) is 0 Å². The fourth-order valence-corrected chi connectivity index (χ4v) is 1.17. The highest BCUT2D eigenvalue weighted by Gasteiger charge is 2.41. The average molecular weight is 232 g/mol. The number of benzene rings is 1. The highest BCUT2D eigenvalue weighted by atomic mass is 19.4. The van der Waals surface area contributed by atoms with E-state index in [1.807, 2.05) is 0 Å². The number of carbonyl (C=O) groups is 1. The summed E-state index contributed by atoms with van der Waals surface area (Å²) in [5.41, 5.74) is 0.00387. The minimum Gasteiger partial charge on any atom is -0.497 e. The van der Waals surface area contributed by atoms with Gasteiger partial charge in [-0.3, -0.25) is 4.79 Å². The third kappa shape index (κ3) is 2.74. The first-order chi connectivity index (χ1) is 7.36. The first kappa shape index (κ1) is 12.5. The van der Waals surface area contributed by atoms with Gasteiger partial charge in [0.25, 0.3) is 0 Å². The average Bonchev–Trinajstić information content (AvgIpc) is 2.26. The summed E-state index contributed by atoms with van der Waals surface area (Å²) in [6, 6.07) is 5.68. The van der Waals surface area contributed by atoms with Crippen molar-refractivity contribution in [1.82, 2.24) is 0 Å². The van der Waals surface area contributed by atoms with E-state index in [1.54, 1.807) is 6.07 Å². The molecule has 0 fully saturated rings. The summed E-state index contributed by atoms with van der Waals surface area (Å²) in [7, 11) is 1.39. The van der Waals surface area contributed by atoms with Crippen molar-refractivity contribution in [3.8, 4) is 5.75 Å². The van der Waals surface area contributed by atoms with Gasteiger partial charge >= 0.3 is 6.18 Å². The number of Topliss-reactive ketones (excluding diaryl/α,β-unsaturated/α-hetero) is 1. The smallest absolute Gasteiger partial charge is 0.398 e. The number of carbonyl (C=O) groups excluding carboxylic acids is 1. The van der Waals surface area contributed by atoms with Crippen molar-refractivity contribution in [2.75, 3.05) is 7.11 Å². The molecule has 16 heavy (non-hydrogen) atoms. The van der Waals surface area contributed by atoms with Gasteiger partial charge in [0, 0.05) is 5.56 Å². The Kier molecular flexibility index (Phi) is 3.57. The second-order valence-corrected chi connectivity index (χ2v) is 3.36. The molecule has 2 nitrogen and oxygen atoms in total. The van der Waals surface area contributed by atoms with E-state index in [0.717, 1.165) is 6.92 Å². The van der Waals surface area contributed by atoms with Crippen molar-refractivity contribution in [1.29, 1.82) is 0 Å². The van der Waals surface area contributed by atoms with Gasteiger partial charge in [0.2, 0.25) is 0 Å². The molecule has 1 aromatic carbocycles. The molecule has 1 aromatic rings. The van der Waals surface area contributed by atoms with Gasteiger partial charge < -0.3 is 4.74 Å². The van der Waals surface area contributed by atoms with Crippen LogP contribution in [0, 0.1) is 5.92 Å². The van der Waals surface area contributed by atoms with Crippen LogP contribution in [0.2, 0.25) is 0 Å². The SMILES string of the molecule is COc1cccc(C(=O)C(C)C(F)(F)F)c1. The van der Waals surface area contributed by atoms with Gasteiger partial charge in [0.1, 0.15) is 11.7 Å². The van der Waals surface area contributed by atoms with Crippen LogP contribution in [0.15, 0.2) is 24.3 Å². The van der Waals surface area contributed by atoms with E-state index in [1.165, 1.54) is 25.3 Å². The van der Waals surface area contributed by atoms with Crippen molar-refractivity contribution in [3.63, 3.8) is 0 Å². The molecule has 0 saturated heterocycles. The molecule has 0 aliphatic carbocycles. The van der Waals surface area contributed by atoms with E-state index in [2.05, 4.69) is 0 Å². The van der Waals surface area contributed by atoms with Gasteiger partial charge in [0.05, 0.1) is 7.11 Å². The second-order valence-electron chi connectivity index (χ2n) is 3.36. The number of halogens is 3. The fraction of sp³-hybridized carbons (Fsp3) is 0.364. The van der Waals surface area contributed by atoms with Crippen LogP contribution < -0.4 is 4.74 Å². The number of alkyl halides is 3. The maximum Gasteiger partial charge on any atom is 0.398 e. The van der Waals surface area contributed by atoms with Crippen LogP contribution in [0.4, 0.5) is 13.2 Å². The van der Waals surface area contributed by atoms with Crippen molar-refractivity contribution >= 4 is 5.78 Å². The molecular weight excluding hydrogens is 221 g/mol. The van der Waals surface area contributed by atoms with Gasteiger partial charge in [0.15, 0.2) is 5.78 Å².